The van der Waals surface area contributed by atoms with Crippen LogP contribution in [0.4, 0.5) is 5.69 Å². The fraction of sp³-hybridized carbons (Fsp3) is 0.300. The Hall–Kier alpha value is -2.37. The molecule has 0 atom stereocenters. The third-order valence-electron chi connectivity index (χ3n) is 4.77. The Morgan fingerprint density at radius 1 is 1.08 bits per heavy atom. The van der Waals surface area contributed by atoms with E-state index in [0.29, 0.717) is 21.8 Å². The SMILES string of the molecule is CC[NH+]1CCN(C(=O)c2ccccc2NC(=O)c2ccc(Cl)cc2)CC1. The molecule has 0 aliphatic carbocycles. The zero-order valence-corrected chi connectivity index (χ0v) is 15.6. The third kappa shape index (κ3) is 4.23. The molecule has 0 aromatic heterocycles. The lowest BCUT2D eigenvalue weighted by Crippen LogP contribution is -3.14. The van der Waals surface area contributed by atoms with Crippen molar-refractivity contribution in [3.63, 3.8) is 0 Å². The summed E-state index contributed by atoms with van der Waals surface area (Å²) in [4.78, 5) is 28.8. The molecule has 3 rings (SSSR count). The predicted octanol–water partition coefficient (Wildman–Crippen LogP) is 1.95. The molecule has 1 aliphatic rings. The zero-order chi connectivity index (χ0) is 18.5. The molecule has 2 N–H and O–H groups in total. The van der Waals surface area contributed by atoms with Gasteiger partial charge in [-0.25, -0.2) is 0 Å². The number of hydrogen-bond donors (Lipinski definition) is 2. The molecule has 2 aromatic rings. The van der Waals surface area contributed by atoms with E-state index in [2.05, 4.69) is 12.2 Å². The molecule has 6 heteroatoms. The van der Waals surface area contributed by atoms with Gasteiger partial charge in [0.05, 0.1) is 44.0 Å². The number of quaternary nitrogens is 1. The molecular formula is C20H23ClN3O2+. The van der Waals surface area contributed by atoms with Gasteiger partial charge in [0.25, 0.3) is 11.8 Å². The lowest BCUT2D eigenvalue weighted by molar-refractivity contribution is -0.902. The molecule has 0 unspecified atom stereocenters. The van der Waals surface area contributed by atoms with Crippen molar-refractivity contribution in [2.45, 2.75) is 6.92 Å². The molecule has 26 heavy (non-hydrogen) atoms. The van der Waals surface area contributed by atoms with Crippen LogP contribution in [0.2, 0.25) is 5.02 Å². The number of piperazine rings is 1. The van der Waals surface area contributed by atoms with Crippen LogP contribution < -0.4 is 10.2 Å². The topological polar surface area (TPSA) is 53.9 Å². The Labute approximate surface area is 158 Å². The summed E-state index contributed by atoms with van der Waals surface area (Å²) in [5, 5.41) is 3.43. The standard InChI is InChI=1S/C20H22ClN3O2/c1-2-23-11-13-24(14-12-23)20(26)17-5-3-4-6-18(17)22-19(25)15-7-9-16(21)10-8-15/h3-10H,2,11-14H2,1H3,(H,22,25)/p+1. The first kappa shape index (κ1) is 18.4. The molecule has 0 radical (unpaired) electrons. The van der Waals surface area contributed by atoms with Crippen molar-refractivity contribution in [3.05, 3.63) is 64.7 Å². The number of halogens is 1. The van der Waals surface area contributed by atoms with Crippen molar-refractivity contribution >= 4 is 29.1 Å². The smallest absolute Gasteiger partial charge is 0.256 e. The van der Waals surface area contributed by atoms with Crippen molar-refractivity contribution in [1.29, 1.82) is 0 Å². The maximum absolute atomic E-state index is 12.9. The molecule has 1 fully saturated rings. The number of benzene rings is 2. The summed E-state index contributed by atoms with van der Waals surface area (Å²) < 4.78 is 0. The van der Waals surface area contributed by atoms with Crippen LogP contribution in [0.25, 0.3) is 0 Å². The fourth-order valence-electron chi connectivity index (χ4n) is 3.12. The van der Waals surface area contributed by atoms with Crippen molar-refractivity contribution in [2.75, 3.05) is 38.0 Å². The molecule has 136 valence electrons. The van der Waals surface area contributed by atoms with E-state index in [0.717, 1.165) is 32.7 Å². The molecule has 2 aromatic carbocycles. The van der Waals surface area contributed by atoms with Gasteiger partial charge in [-0.3, -0.25) is 9.59 Å². The highest BCUT2D eigenvalue weighted by Crippen LogP contribution is 2.19. The molecule has 0 spiro atoms. The predicted molar refractivity (Wildman–Crippen MR) is 103 cm³/mol. The number of carbonyl (C=O) groups is 2. The van der Waals surface area contributed by atoms with E-state index in [1.807, 2.05) is 17.0 Å². The van der Waals surface area contributed by atoms with Gasteiger partial charge in [0.1, 0.15) is 0 Å². The summed E-state index contributed by atoms with van der Waals surface area (Å²) in [6, 6.07) is 13.8. The van der Waals surface area contributed by atoms with E-state index >= 15 is 0 Å². The van der Waals surface area contributed by atoms with Crippen molar-refractivity contribution in [1.82, 2.24) is 4.90 Å². The van der Waals surface area contributed by atoms with E-state index in [1.54, 1.807) is 36.4 Å². The highest BCUT2D eigenvalue weighted by molar-refractivity contribution is 6.30. The number of rotatable bonds is 4. The van der Waals surface area contributed by atoms with Crippen molar-refractivity contribution < 1.29 is 14.5 Å². The van der Waals surface area contributed by atoms with Gasteiger partial charge in [0.2, 0.25) is 0 Å². The second kappa shape index (κ2) is 8.34. The number of likely N-dealkylation sites (N-methyl/N-ethyl adjacent to an activating group) is 1. The summed E-state index contributed by atoms with van der Waals surface area (Å²) in [5.74, 6) is -0.297. The fourth-order valence-corrected chi connectivity index (χ4v) is 3.25. The maximum Gasteiger partial charge on any atom is 0.256 e. The summed E-state index contributed by atoms with van der Waals surface area (Å²) in [7, 11) is 0. The van der Waals surface area contributed by atoms with Crippen molar-refractivity contribution in [2.24, 2.45) is 0 Å². The molecule has 5 nitrogen and oxygen atoms in total. The first-order valence-electron chi connectivity index (χ1n) is 8.87. The quantitative estimate of drug-likeness (QED) is 0.862. The van der Waals surface area contributed by atoms with E-state index in [4.69, 9.17) is 11.6 Å². The lowest BCUT2D eigenvalue weighted by Gasteiger charge is -2.32. The lowest BCUT2D eigenvalue weighted by atomic mass is 10.1. The first-order chi connectivity index (χ1) is 12.6. The largest absolute Gasteiger partial charge is 0.332 e. The van der Waals surface area contributed by atoms with Crippen LogP contribution in [-0.2, 0) is 0 Å². The number of anilines is 1. The average Bonchev–Trinajstić information content (AvgIpc) is 2.68. The highest BCUT2D eigenvalue weighted by Gasteiger charge is 2.25. The van der Waals surface area contributed by atoms with E-state index in [1.165, 1.54) is 4.90 Å². The minimum absolute atomic E-state index is 0.0350. The monoisotopic (exact) mass is 372 g/mol. The van der Waals surface area contributed by atoms with Gasteiger partial charge in [-0.15, -0.1) is 0 Å². The van der Waals surface area contributed by atoms with E-state index in [9.17, 15) is 9.59 Å². The van der Waals surface area contributed by atoms with Gasteiger partial charge >= 0.3 is 0 Å². The second-order valence-electron chi connectivity index (χ2n) is 6.40. The number of amides is 2. The van der Waals surface area contributed by atoms with Gasteiger partial charge in [0.15, 0.2) is 0 Å². The Morgan fingerprint density at radius 3 is 2.38 bits per heavy atom. The van der Waals surface area contributed by atoms with Crippen LogP contribution in [0, 0.1) is 0 Å². The van der Waals surface area contributed by atoms with Crippen LogP contribution in [0.1, 0.15) is 27.6 Å². The minimum Gasteiger partial charge on any atom is -0.332 e. The maximum atomic E-state index is 12.9. The van der Waals surface area contributed by atoms with Crippen LogP contribution >= 0.6 is 11.6 Å². The molecule has 1 aliphatic heterocycles. The zero-order valence-electron chi connectivity index (χ0n) is 14.8. The molecule has 1 heterocycles. The molecular weight excluding hydrogens is 350 g/mol. The van der Waals surface area contributed by atoms with Gasteiger partial charge in [-0.2, -0.15) is 0 Å². The summed E-state index contributed by atoms with van der Waals surface area (Å²) in [5.41, 5.74) is 1.55. The Morgan fingerprint density at radius 2 is 1.73 bits per heavy atom. The number of para-hydroxylation sites is 1. The summed E-state index contributed by atoms with van der Waals surface area (Å²) in [6.45, 7) is 6.64. The van der Waals surface area contributed by atoms with Gasteiger partial charge in [0, 0.05) is 10.6 Å². The van der Waals surface area contributed by atoms with E-state index in [-0.39, 0.29) is 11.8 Å². The number of hydrogen-bond acceptors (Lipinski definition) is 2. The molecule has 0 bridgehead atoms. The number of nitrogens with zero attached hydrogens (tertiary/aromatic N) is 1. The Bertz CT molecular complexity index is 784. The molecule has 2 amide bonds. The Kier molecular flexibility index (Phi) is 5.91. The summed E-state index contributed by atoms with van der Waals surface area (Å²) in [6.07, 6.45) is 0. The van der Waals surface area contributed by atoms with Crippen LogP contribution in [0.5, 0.6) is 0 Å². The molecule has 0 saturated carbocycles. The average molecular weight is 373 g/mol. The van der Waals surface area contributed by atoms with E-state index < -0.39 is 0 Å². The van der Waals surface area contributed by atoms with Crippen LogP contribution in [0.15, 0.2) is 48.5 Å². The third-order valence-corrected chi connectivity index (χ3v) is 5.02. The molecule has 1 saturated heterocycles. The number of nitrogens with one attached hydrogen (secondary N) is 2. The second-order valence-corrected chi connectivity index (χ2v) is 6.84. The number of carbonyl (C=O) groups excluding carboxylic acids is 2. The minimum atomic E-state index is -0.262. The Balaban J connectivity index is 1.74. The van der Waals surface area contributed by atoms with Crippen molar-refractivity contribution in [3.8, 4) is 0 Å². The van der Waals surface area contributed by atoms with Gasteiger partial charge < -0.3 is 15.1 Å². The summed E-state index contributed by atoms with van der Waals surface area (Å²) >= 11 is 5.87. The van der Waals surface area contributed by atoms with Gasteiger partial charge in [-0.1, -0.05) is 23.7 Å². The van der Waals surface area contributed by atoms with Crippen LogP contribution in [-0.4, -0.2) is 49.4 Å². The first-order valence-corrected chi connectivity index (χ1v) is 9.25. The van der Waals surface area contributed by atoms with Crippen LogP contribution in [0.3, 0.4) is 0 Å². The highest BCUT2D eigenvalue weighted by atomic mass is 35.5. The van der Waals surface area contributed by atoms with Gasteiger partial charge in [-0.05, 0) is 43.3 Å². The normalized spacial score (nSPS) is 14.9.